The Kier molecular flexibility index (Phi) is 3.19. The summed E-state index contributed by atoms with van der Waals surface area (Å²) in [7, 11) is 0. The Morgan fingerprint density at radius 1 is 1.56 bits per heavy atom. The van der Waals surface area contributed by atoms with E-state index in [0.29, 0.717) is 5.75 Å². The number of benzene rings is 1. The molecular weight excluding hydrogens is 272 g/mol. The van der Waals surface area contributed by atoms with Crippen LogP contribution in [0, 0.1) is 6.92 Å². The van der Waals surface area contributed by atoms with Gasteiger partial charge in [-0.15, -0.1) is 0 Å². The van der Waals surface area contributed by atoms with Crippen molar-refractivity contribution in [3.05, 3.63) is 27.7 Å². The lowest BCUT2D eigenvalue weighted by molar-refractivity contribution is -0.136. The van der Waals surface area contributed by atoms with Crippen LogP contribution in [0.3, 0.4) is 0 Å². The van der Waals surface area contributed by atoms with E-state index in [1.165, 1.54) is 0 Å². The molecule has 2 rings (SSSR count). The largest absolute Gasteiger partial charge is 0.489 e. The van der Waals surface area contributed by atoms with E-state index in [-0.39, 0.29) is 12.5 Å². The van der Waals surface area contributed by atoms with E-state index < -0.39 is 5.97 Å². The van der Waals surface area contributed by atoms with Gasteiger partial charge >= 0.3 is 5.97 Å². The second-order valence-corrected chi connectivity index (χ2v) is 4.98. The van der Waals surface area contributed by atoms with Gasteiger partial charge in [0.1, 0.15) is 5.75 Å². The summed E-state index contributed by atoms with van der Waals surface area (Å²) in [6.07, 6.45) is 2.40. The van der Waals surface area contributed by atoms with E-state index in [4.69, 9.17) is 9.84 Å². The summed E-state index contributed by atoms with van der Waals surface area (Å²) in [5.74, 6) is -0.145. The van der Waals surface area contributed by atoms with Crippen LogP contribution in [-0.2, 0) is 11.2 Å². The molecule has 1 saturated carbocycles. The van der Waals surface area contributed by atoms with Gasteiger partial charge < -0.3 is 9.84 Å². The third-order valence-corrected chi connectivity index (χ3v) is 3.00. The highest BCUT2D eigenvalue weighted by atomic mass is 79.9. The van der Waals surface area contributed by atoms with Gasteiger partial charge in [0.2, 0.25) is 0 Å². The number of rotatable bonds is 4. The Hall–Kier alpha value is -1.03. The molecule has 1 N–H and O–H groups in total. The van der Waals surface area contributed by atoms with Gasteiger partial charge in [-0.25, -0.2) is 0 Å². The molecule has 0 heterocycles. The van der Waals surface area contributed by atoms with Crippen molar-refractivity contribution in [1.29, 1.82) is 0 Å². The number of hydrogen-bond donors (Lipinski definition) is 1. The van der Waals surface area contributed by atoms with Crippen LogP contribution >= 0.6 is 15.9 Å². The molecule has 0 unspecified atom stereocenters. The van der Waals surface area contributed by atoms with Crippen LogP contribution in [0.15, 0.2) is 16.6 Å². The molecule has 0 atom stereocenters. The van der Waals surface area contributed by atoms with E-state index >= 15 is 0 Å². The van der Waals surface area contributed by atoms with Crippen molar-refractivity contribution in [2.45, 2.75) is 32.3 Å². The molecule has 86 valence electrons. The number of hydrogen-bond acceptors (Lipinski definition) is 2. The number of carbonyl (C=O) groups is 1. The van der Waals surface area contributed by atoms with E-state index in [9.17, 15) is 4.79 Å². The second kappa shape index (κ2) is 4.45. The fourth-order valence-corrected chi connectivity index (χ4v) is 2.29. The predicted molar refractivity (Wildman–Crippen MR) is 63.9 cm³/mol. The second-order valence-electron chi connectivity index (χ2n) is 4.12. The topological polar surface area (TPSA) is 46.5 Å². The van der Waals surface area contributed by atoms with Crippen LogP contribution < -0.4 is 4.74 Å². The highest BCUT2D eigenvalue weighted by Gasteiger charge is 2.26. The van der Waals surface area contributed by atoms with Crippen molar-refractivity contribution in [2.24, 2.45) is 0 Å². The Morgan fingerprint density at radius 3 is 2.81 bits per heavy atom. The first kappa shape index (κ1) is 11.5. The van der Waals surface area contributed by atoms with E-state index in [1.54, 1.807) is 0 Å². The van der Waals surface area contributed by atoms with Gasteiger partial charge in [-0.2, -0.15) is 0 Å². The fourth-order valence-electron chi connectivity index (χ4n) is 1.58. The minimum absolute atomic E-state index is 0.00231. The molecule has 0 aromatic heterocycles. The van der Waals surface area contributed by atoms with Crippen molar-refractivity contribution in [3.63, 3.8) is 0 Å². The van der Waals surface area contributed by atoms with Crippen LogP contribution in [0.5, 0.6) is 5.75 Å². The molecule has 0 saturated heterocycles. The minimum atomic E-state index is -0.835. The first-order chi connectivity index (χ1) is 7.56. The third kappa shape index (κ3) is 2.76. The van der Waals surface area contributed by atoms with Gasteiger partial charge in [0, 0.05) is 5.56 Å². The van der Waals surface area contributed by atoms with E-state index in [1.807, 2.05) is 19.1 Å². The van der Waals surface area contributed by atoms with Crippen LogP contribution in [0.1, 0.15) is 24.0 Å². The number of ether oxygens (including phenoxy) is 1. The predicted octanol–water partition coefficient (Wildman–Crippen LogP) is 2.93. The highest BCUT2D eigenvalue weighted by molar-refractivity contribution is 9.10. The van der Waals surface area contributed by atoms with Crippen LogP contribution in [-0.4, -0.2) is 17.2 Å². The molecule has 1 aliphatic rings. The molecule has 16 heavy (non-hydrogen) atoms. The number of carboxylic acids is 1. The molecule has 0 bridgehead atoms. The summed E-state index contributed by atoms with van der Waals surface area (Å²) < 4.78 is 6.58. The Balaban J connectivity index is 2.32. The SMILES string of the molecule is Cc1cc(Br)c(OC2CC2)c(CC(=O)O)c1. The van der Waals surface area contributed by atoms with Crippen molar-refractivity contribution in [3.8, 4) is 5.75 Å². The molecule has 0 radical (unpaired) electrons. The number of halogens is 1. The average Bonchev–Trinajstić information content (AvgIpc) is 2.93. The van der Waals surface area contributed by atoms with Crippen molar-refractivity contribution < 1.29 is 14.6 Å². The highest BCUT2D eigenvalue weighted by Crippen LogP contribution is 2.36. The number of aryl methyl sites for hydroxylation is 1. The third-order valence-electron chi connectivity index (χ3n) is 2.42. The first-order valence-electron chi connectivity index (χ1n) is 5.23. The summed E-state index contributed by atoms with van der Waals surface area (Å²) in [6, 6.07) is 3.82. The van der Waals surface area contributed by atoms with Gasteiger partial charge in [-0.1, -0.05) is 6.07 Å². The standard InChI is InChI=1S/C12H13BrO3/c1-7-4-8(6-11(14)15)12(10(13)5-7)16-9-2-3-9/h4-5,9H,2-3,6H2,1H3,(H,14,15). The van der Waals surface area contributed by atoms with E-state index in [0.717, 1.165) is 28.4 Å². The zero-order valence-corrected chi connectivity index (χ0v) is 10.6. The molecule has 1 aromatic carbocycles. The quantitative estimate of drug-likeness (QED) is 0.925. The van der Waals surface area contributed by atoms with Crippen molar-refractivity contribution in [1.82, 2.24) is 0 Å². The Bertz CT molecular complexity index is 425. The van der Waals surface area contributed by atoms with Gasteiger partial charge in [-0.05, 0) is 47.3 Å². The Morgan fingerprint density at radius 2 is 2.25 bits per heavy atom. The summed E-state index contributed by atoms with van der Waals surface area (Å²) in [5.41, 5.74) is 1.78. The maximum absolute atomic E-state index is 10.8. The summed E-state index contributed by atoms with van der Waals surface area (Å²) >= 11 is 3.43. The van der Waals surface area contributed by atoms with Gasteiger partial charge in [-0.3, -0.25) is 4.79 Å². The van der Waals surface area contributed by atoms with Crippen molar-refractivity contribution >= 4 is 21.9 Å². The minimum Gasteiger partial charge on any atom is -0.489 e. The normalized spacial score (nSPS) is 14.9. The van der Waals surface area contributed by atoms with Crippen LogP contribution in [0.2, 0.25) is 0 Å². The monoisotopic (exact) mass is 284 g/mol. The molecule has 1 aliphatic carbocycles. The summed E-state index contributed by atoms with van der Waals surface area (Å²) in [6.45, 7) is 1.94. The molecular formula is C12H13BrO3. The molecule has 3 nitrogen and oxygen atoms in total. The molecule has 1 aromatic rings. The first-order valence-corrected chi connectivity index (χ1v) is 6.03. The van der Waals surface area contributed by atoms with Crippen molar-refractivity contribution in [2.75, 3.05) is 0 Å². The lowest BCUT2D eigenvalue weighted by Gasteiger charge is -2.12. The van der Waals surface area contributed by atoms with Gasteiger partial charge in [0.05, 0.1) is 17.0 Å². The fraction of sp³-hybridized carbons (Fsp3) is 0.417. The van der Waals surface area contributed by atoms with Crippen LogP contribution in [0.4, 0.5) is 0 Å². The van der Waals surface area contributed by atoms with Gasteiger partial charge in [0.25, 0.3) is 0 Å². The zero-order valence-electron chi connectivity index (χ0n) is 9.00. The van der Waals surface area contributed by atoms with E-state index in [2.05, 4.69) is 15.9 Å². The maximum Gasteiger partial charge on any atom is 0.307 e. The molecule has 4 heteroatoms. The maximum atomic E-state index is 10.8. The molecule has 0 aliphatic heterocycles. The lowest BCUT2D eigenvalue weighted by Crippen LogP contribution is -2.06. The average molecular weight is 285 g/mol. The molecule has 1 fully saturated rings. The van der Waals surface area contributed by atoms with Gasteiger partial charge in [0.15, 0.2) is 0 Å². The number of carboxylic acid groups (broad SMARTS) is 1. The summed E-state index contributed by atoms with van der Waals surface area (Å²) in [5, 5.41) is 8.85. The number of aliphatic carboxylic acids is 1. The lowest BCUT2D eigenvalue weighted by atomic mass is 10.1. The van der Waals surface area contributed by atoms with Crippen LogP contribution in [0.25, 0.3) is 0 Å². The Labute approximate surface area is 103 Å². The molecule has 0 spiro atoms. The zero-order chi connectivity index (χ0) is 11.7. The summed E-state index contributed by atoms with van der Waals surface area (Å²) in [4.78, 5) is 10.8. The molecule has 0 amide bonds. The smallest absolute Gasteiger partial charge is 0.307 e.